The van der Waals surface area contributed by atoms with Crippen LogP contribution < -0.4 is 0 Å². The summed E-state index contributed by atoms with van der Waals surface area (Å²) in [6.45, 7) is 8.72. The number of hydrogen-bond acceptors (Lipinski definition) is 1. The Bertz CT molecular complexity index is 589. The van der Waals surface area contributed by atoms with Crippen LogP contribution in [0, 0.1) is 5.82 Å². The smallest absolute Gasteiger partial charge is 0.125 e. The van der Waals surface area contributed by atoms with Gasteiger partial charge in [-0.2, -0.15) is 0 Å². The summed E-state index contributed by atoms with van der Waals surface area (Å²) in [5.41, 5.74) is 2.70. The average molecular weight is 311 g/mol. The highest BCUT2D eigenvalue weighted by Crippen LogP contribution is 2.29. The van der Waals surface area contributed by atoms with Crippen molar-refractivity contribution in [2.45, 2.75) is 31.6 Å². The van der Waals surface area contributed by atoms with Crippen molar-refractivity contribution >= 4 is 27.0 Å². The summed E-state index contributed by atoms with van der Waals surface area (Å²) in [6.07, 6.45) is 0.933. The number of alkyl halides is 1. The first-order valence-electron chi connectivity index (χ1n) is 5.97. The Labute approximate surface area is 115 Å². The van der Waals surface area contributed by atoms with E-state index in [9.17, 15) is 4.39 Å². The summed E-state index contributed by atoms with van der Waals surface area (Å²) in [6, 6.07) is 4.72. The van der Waals surface area contributed by atoms with Crippen molar-refractivity contribution in [1.29, 1.82) is 0 Å². The fraction of sp³-hybridized carbons (Fsp3) is 0.357. The zero-order chi connectivity index (χ0) is 13.3. The van der Waals surface area contributed by atoms with Crippen LogP contribution in [0.3, 0.4) is 0 Å². The number of hydrogen-bond donors (Lipinski definition) is 0. The minimum Gasteiger partial charge on any atom is -0.323 e. The number of imidazole rings is 1. The molecule has 0 aliphatic heterocycles. The number of allylic oxidation sites excluding steroid dienone is 1. The molecular formula is C14H16BrFN2. The van der Waals surface area contributed by atoms with Gasteiger partial charge in [-0.1, -0.05) is 35.0 Å². The molecule has 2 rings (SSSR count). The van der Waals surface area contributed by atoms with Crippen molar-refractivity contribution in [3.63, 3.8) is 0 Å². The molecule has 0 amide bonds. The third-order valence-corrected chi connectivity index (χ3v) is 3.86. The normalized spacial score (nSPS) is 12.9. The van der Waals surface area contributed by atoms with Gasteiger partial charge in [0.2, 0.25) is 0 Å². The largest absolute Gasteiger partial charge is 0.323 e. The van der Waals surface area contributed by atoms with E-state index in [-0.39, 0.29) is 10.6 Å². The zero-order valence-electron chi connectivity index (χ0n) is 10.6. The summed E-state index contributed by atoms with van der Waals surface area (Å²) in [4.78, 5) is 4.71. The molecule has 0 aliphatic rings. The van der Waals surface area contributed by atoms with Gasteiger partial charge in [0.15, 0.2) is 0 Å². The Morgan fingerprint density at radius 2 is 2.28 bits per heavy atom. The summed E-state index contributed by atoms with van der Waals surface area (Å²) in [5.74, 6) is 0.678. The van der Waals surface area contributed by atoms with E-state index in [1.807, 2.05) is 6.92 Å². The number of nitrogens with zero attached hydrogens (tertiary/aromatic N) is 2. The molecule has 0 N–H and O–H groups in total. The molecule has 0 radical (unpaired) electrons. The highest BCUT2D eigenvalue weighted by atomic mass is 79.9. The Kier molecular flexibility index (Phi) is 3.85. The van der Waals surface area contributed by atoms with Crippen LogP contribution in [0.5, 0.6) is 0 Å². The maximum Gasteiger partial charge on any atom is 0.125 e. The molecule has 4 heteroatoms. The van der Waals surface area contributed by atoms with Crippen LogP contribution in [-0.2, 0) is 6.54 Å². The van der Waals surface area contributed by atoms with Crippen molar-refractivity contribution in [1.82, 2.24) is 9.55 Å². The Balaban J connectivity index is 2.63. The highest BCUT2D eigenvalue weighted by molar-refractivity contribution is 9.09. The molecule has 0 aliphatic carbocycles. The highest BCUT2D eigenvalue weighted by Gasteiger charge is 2.16. The maximum absolute atomic E-state index is 13.2. The average Bonchev–Trinajstić information content (AvgIpc) is 2.65. The lowest BCUT2D eigenvalue weighted by molar-refractivity contribution is 0.629. The molecular weight excluding hydrogens is 295 g/mol. The van der Waals surface area contributed by atoms with Crippen molar-refractivity contribution in [2.75, 3.05) is 0 Å². The van der Waals surface area contributed by atoms with Gasteiger partial charge in [-0.15, -0.1) is 0 Å². The molecule has 1 atom stereocenters. The lowest BCUT2D eigenvalue weighted by atomic mass is 10.2. The number of fused-ring (bicyclic) bond motifs is 1. The van der Waals surface area contributed by atoms with Crippen LogP contribution >= 0.6 is 15.9 Å². The summed E-state index contributed by atoms with van der Waals surface area (Å²) >= 11 is 3.62. The number of rotatable bonds is 4. The Morgan fingerprint density at radius 3 is 2.89 bits per heavy atom. The van der Waals surface area contributed by atoms with Crippen LogP contribution in [0.2, 0.25) is 0 Å². The minimum atomic E-state index is -0.253. The van der Waals surface area contributed by atoms with Gasteiger partial charge >= 0.3 is 0 Å². The van der Waals surface area contributed by atoms with Gasteiger partial charge in [-0.05, 0) is 25.5 Å². The lowest BCUT2D eigenvalue weighted by Crippen LogP contribution is -2.06. The SMILES string of the molecule is C=C(C)Cn1c(C(Br)CC)nc2cc(F)ccc21. The van der Waals surface area contributed by atoms with E-state index in [2.05, 4.69) is 39.0 Å². The van der Waals surface area contributed by atoms with Gasteiger partial charge in [0.05, 0.1) is 15.9 Å². The Morgan fingerprint density at radius 1 is 1.56 bits per heavy atom. The Hall–Kier alpha value is -1.16. The molecule has 96 valence electrons. The van der Waals surface area contributed by atoms with Crippen molar-refractivity contribution < 1.29 is 4.39 Å². The summed E-state index contributed by atoms with van der Waals surface area (Å²) < 4.78 is 15.3. The van der Waals surface area contributed by atoms with E-state index in [1.165, 1.54) is 12.1 Å². The first kappa shape index (κ1) is 13.3. The molecule has 2 nitrogen and oxygen atoms in total. The summed E-state index contributed by atoms with van der Waals surface area (Å²) in [5, 5.41) is 0. The van der Waals surface area contributed by atoms with E-state index in [0.29, 0.717) is 12.1 Å². The minimum absolute atomic E-state index is 0.173. The second-order valence-corrected chi connectivity index (χ2v) is 5.63. The molecule has 1 aromatic carbocycles. The second kappa shape index (κ2) is 5.22. The van der Waals surface area contributed by atoms with Gasteiger partial charge in [0.1, 0.15) is 11.6 Å². The van der Waals surface area contributed by atoms with Gasteiger partial charge in [0, 0.05) is 12.6 Å². The predicted octanol–water partition coefficient (Wildman–Crippen LogP) is 4.60. The van der Waals surface area contributed by atoms with Gasteiger partial charge in [0.25, 0.3) is 0 Å². The third-order valence-electron chi connectivity index (χ3n) is 2.81. The van der Waals surface area contributed by atoms with E-state index in [1.54, 1.807) is 6.07 Å². The zero-order valence-corrected chi connectivity index (χ0v) is 12.2. The van der Waals surface area contributed by atoms with Crippen LogP contribution in [0.4, 0.5) is 4.39 Å². The van der Waals surface area contributed by atoms with E-state index in [4.69, 9.17) is 0 Å². The molecule has 0 bridgehead atoms. The standard InChI is InChI=1S/C14H16BrFN2/c1-4-11(15)14-17-12-7-10(16)5-6-13(12)18(14)8-9(2)3/h5-7,11H,2,4,8H2,1,3H3. The second-order valence-electron chi connectivity index (χ2n) is 4.52. The van der Waals surface area contributed by atoms with E-state index in [0.717, 1.165) is 23.3 Å². The molecule has 0 saturated heterocycles. The van der Waals surface area contributed by atoms with Gasteiger partial charge < -0.3 is 4.57 Å². The molecule has 18 heavy (non-hydrogen) atoms. The molecule has 1 heterocycles. The topological polar surface area (TPSA) is 17.8 Å². The van der Waals surface area contributed by atoms with Gasteiger partial charge in [-0.25, -0.2) is 9.37 Å². The van der Waals surface area contributed by atoms with Crippen LogP contribution in [0.25, 0.3) is 11.0 Å². The lowest BCUT2D eigenvalue weighted by Gasteiger charge is -2.12. The van der Waals surface area contributed by atoms with Crippen LogP contribution in [0.1, 0.15) is 30.9 Å². The molecule has 0 fully saturated rings. The number of aromatic nitrogens is 2. The molecule has 1 aromatic heterocycles. The van der Waals surface area contributed by atoms with E-state index >= 15 is 0 Å². The number of halogens is 2. The molecule has 1 unspecified atom stereocenters. The van der Waals surface area contributed by atoms with Crippen molar-refractivity contribution in [3.8, 4) is 0 Å². The van der Waals surface area contributed by atoms with Crippen LogP contribution in [-0.4, -0.2) is 9.55 Å². The third kappa shape index (κ3) is 2.48. The monoisotopic (exact) mass is 310 g/mol. The fourth-order valence-corrected chi connectivity index (χ4v) is 2.33. The number of benzene rings is 1. The summed E-state index contributed by atoms with van der Waals surface area (Å²) in [7, 11) is 0. The molecule has 0 saturated carbocycles. The fourth-order valence-electron chi connectivity index (χ4n) is 1.98. The first-order chi connectivity index (χ1) is 8.52. The van der Waals surface area contributed by atoms with E-state index < -0.39 is 0 Å². The quantitative estimate of drug-likeness (QED) is 0.596. The maximum atomic E-state index is 13.2. The molecule has 0 spiro atoms. The van der Waals surface area contributed by atoms with Crippen molar-refractivity contribution in [3.05, 3.63) is 42.0 Å². The predicted molar refractivity (Wildman–Crippen MR) is 76.5 cm³/mol. The van der Waals surface area contributed by atoms with Gasteiger partial charge in [-0.3, -0.25) is 0 Å². The molecule has 2 aromatic rings. The van der Waals surface area contributed by atoms with Crippen molar-refractivity contribution in [2.24, 2.45) is 0 Å². The van der Waals surface area contributed by atoms with Crippen LogP contribution in [0.15, 0.2) is 30.4 Å². The first-order valence-corrected chi connectivity index (χ1v) is 6.88.